The summed E-state index contributed by atoms with van der Waals surface area (Å²) in [5, 5.41) is 10.6. The Labute approximate surface area is 58.7 Å². The molecule has 0 aliphatic rings. The van der Waals surface area contributed by atoms with Gasteiger partial charge in [-0.1, -0.05) is 0 Å². The minimum absolute atomic E-state index is 0.302. The Kier molecular flexibility index (Phi) is 1.44. The van der Waals surface area contributed by atoms with Gasteiger partial charge in [0.2, 0.25) is 0 Å². The second kappa shape index (κ2) is 1.98. The molecule has 0 N–H and O–H groups in total. The fourth-order valence-corrected chi connectivity index (χ4v) is 0.504. The molecule has 1 rings (SSSR count). The van der Waals surface area contributed by atoms with Crippen molar-refractivity contribution in [1.29, 1.82) is 0 Å². The van der Waals surface area contributed by atoms with E-state index < -0.39 is 0 Å². The molecule has 0 atom stereocenters. The zero-order valence-electron chi connectivity index (χ0n) is 5.31. The van der Waals surface area contributed by atoms with Gasteiger partial charge in [-0.25, -0.2) is 4.68 Å². The largest absolute Gasteiger partial charge is 0.217 e. The molecule has 0 fully saturated rings. The highest BCUT2D eigenvalue weighted by Gasteiger charge is 2.13. The summed E-state index contributed by atoms with van der Waals surface area (Å²) in [7, 11) is 0. The molecule has 0 aliphatic carbocycles. The van der Waals surface area contributed by atoms with Gasteiger partial charge >= 0.3 is 0 Å². The van der Waals surface area contributed by atoms with Gasteiger partial charge in [0.25, 0.3) is 0 Å². The van der Waals surface area contributed by atoms with Crippen LogP contribution in [0.25, 0.3) is 0 Å². The monoisotopic (exact) mass is 144 g/mol. The number of rotatable bonds is 1. The van der Waals surface area contributed by atoms with Crippen molar-refractivity contribution in [3.8, 4) is 0 Å². The lowest BCUT2D eigenvalue weighted by atomic mass is 10.4. The van der Waals surface area contributed by atoms with Crippen molar-refractivity contribution < 1.29 is 0 Å². The molecule has 9 heavy (non-hydrogen) atoms. The second-order valence-electron chi connectivity index (χ2n) is 2.25. The van der Waals surface area contributed by atoms with E-state index in [4.69, 9.17) is 0 Å². The van der Waals surface area contributed by atoms with E-state index in [0.29, 0.717) is 0 Å². The first-order valence-corrected chi connectivity index (χ1v) is 3.01. The van der Waals surface area contributed by atoms with Crippen LogP contribution in [0.4, 0.5) is 0 Å². The van der Waals surface area contributed by atoms with Gasteiger partial charge in [-0.15, -0.1) is 17.7 Å². The summed E-state index contributed by atoms with van der Waals surface area (Å²) in [5.74, 6) is 0. The Balaban J connectivity index is 2.90. The maximum absolute atomic E-state index is 4.23. The van der Waals surface area contributed by atoms with E-state index in [1.165, 1.54) is 6.33 Å². The van der Waals surface area contributed by atoms with Crippen LogP contribution in [0.15, 0.2) is 6.33 Å². The lowest BCUT2D eigenvalue weighted by Gasteiger charge is -2.14. The summed E-state index contributed by atoms with van der Waals surface area (Å²) in [6, 6.07) is 0. The van der Waals surface area contributed by atoms with Gasteiger partial charge in [-0.3, -0.25) is 0 Å². The Morgan fingerprint density at radius 1 is 1.56 bits per heavy atom. The molecule has 50 valence electrons. The van der Waals surface area contributed by atoms with Crippen molar-refractivity contribution in [2.75, 3.05) is 0 Å². The molecule has 1 heterocycles. The zero-order chi connectivity index (χ0) is 6.91. The molecule has 1 aromatic rings. The molecule has 5 heteroatoms. The quantitative estimate of drug-likeness (QED) is 0.576. The molecule has 1 aromatic heterocycles. The molecule has 4 nitrogen and oxygen atoms in total. The van der Waals surface area contributed by atoms with Crippen molar-refractivity contribution in [3.63, 3.8) is 0 Å². The molecule has 0 aromatic carbocycles. The molecule has 0 saturated heterocycles. The lowest BCUT2D eigenvalue weighted by molar-refractivity contribution is 0.467. The van der Waals surface area contributed by atoms with Gasteiger partial charge in [0.05, 0.1) is 0 Å². The van der Waals surface area contributed by atoms with Crippen LogP contribution in [0.3, 0.4) is 0 Å². The fourth-order valence-electron chi connectivity index (χ4n) is 0.412. The summed E-state index contributed by atoms with van der Waals surface area (Å²) in [6.07, 6.45) is 1.53. The lowest BCUT2D eigenvalue weighted by Crippen LogP contribution is -2.19. The van der Waals surface area contributed by atoms with E-state index >= 15 is 0 Å². The number of nitrogens with zero attached hydrogens (tertiary/aromatic N) is 4. The topological polar surface area (TPSA) is 43.6 Å². The van der Waals surface area contributed by atoms with E-state index in [1.54, 1.807) is 4.68 Å². The number of aromatic nitrogens is 4. The maximum atomic E-state index is 4.23. The van der Waals surface area contributed by atoms with Crippen LogP contribution >= 0.6 is 12.6 Å². The van der Waals surface area contributed by atoms with Gasteiger partial charge in [0.15, 0.2) is 0 Å². The molecule has 0 bridgehead atoms. The summed E-state index contributed by atoms with van der Waals surface area (Å²) < 4.78 is 1.58. The van der Waals surface area contributed by atoms with Gasteiger partial charge in [0.1, 0.15) is 11.2 Å². The van der Waals surface area contributed by atoms with E-state index in [0.717, 1.165) is 0 Å². The second-order valence-corrected chi connectivity index (χ2v) is 3.34. The Bertz CT molecular complexity index is 175. The van der Waals surface area contributed by atoms with E-state index in [2.05, 4.69) is 28.2 Å². The molecule has 0 amide bonds. The normalized spacial score (nSPS) is 11.9. The minimum Gasteiger partial charge on any atom is -0.217 e. The average Bonchev–Trinajstić information content (AvgIpc) is 2.08. The molecule has 0 spiro atoms. The highest BCUT2D eigenvalue weighted by atomic mass is 32.1. The van der Waals surface area contributed by atoms with Crippen LogP contribution in [0, 0.1) is 0 Å². The first kappa shape index (κ1) is 6.54. The molecule has 0 saturated carbocycles. The molecular formula is C4H8N4S. The fraction of sp³-hybridized carbons (Fsp3) is 0.750. The molecule has 0 aliphatic heterocycles. The van der Waals surface area contributed by atoms with Crippen LogP contribution in [-0.4, -0.2) is 20.2 Å². The van der Waals surface area contributed by atoms with Crippen molar-refractivity contribution >= 4 is 12.6 Å². The van der Waals surface area contributed by atoms with Gasteiger partial charge in [-0.05, 0) is 24.3 Å². The summed E-state index contributed by atoms with van der Waals surface area (Å²) in [6.45, 7) is 3.82. The van der Waals surface area contributed by atoms with Gasteiger partial charge < -0.3 is 0 Å². The third-order valence-electron chi connectivity index (χ3n) is 0.910. The molecule has 0 unspecified atom stereocenters. The van der Waals surface area contributed by atoms with Gasteiger partial charge in [-0.2, -0.15) is 0 Å². The Morgan fingerprint density at radius 2 is 2.22 bits per heavy atom. The minimum atomic E-state index is -0.302. The van der Waals surface area contributed by atoms with Crippen molar-refractivity contribution in [1.82, 2.24) is 20.2 Å². The average molecular weight is 144 g/mol. The smallest absolute Gasteiger partial charge is 0.139 e. The number of hydrogen-bond acceptors (Lipinski definition) is 4. The van der Waals surface area contributed by atoms with Gasteiger partial charge in [0, 0.05) is 0 Å². The third kappa shape index (κ3) is 1.41. The maximum Gasteiger partial charge on any atom is 0.139 e. The van der Waals surface area contributed by atoms with Crippen molar-refractivity contribution in [2.45, 2.75) is 18.7 Å². The van der Waals surface area contributed by atoms with E-state index in [9.17, 15) is 0 Å². The predicted octanol–water partition coefficient (Wildman–Crippen LogP) is 0.295. The Hall–Kier alpha value is -0.580. The Morgan fingerprint density at radius 3 is 2.44 bits per heavy atom. The number of thiol groups is 1. The van der Waals surface area contributed by atoms with E-state index in [1.807, 2.05) is 13.8 Å². The summed E-state index contributed by atoms with van der Waals surface area (Å²) in [5.41, 5.74) is 0. The van der Waals surface area contributed by atoms with Crippen LogP contribution < -0.4 is 0 Å². The number of hydrogen-bond donors (Lipinski definition) is 1. The van der Waals surface area contributed by atoms with Crippen LogP contribution in [0.1, 0.15) is 13.8 Å². The van der Waals surface area contributed by atoms with Crippen molar-refractivity contribution in [2.24, 2.45) is 0 Å². The van der Waals surface area contributed by atoms with Crippen molar-refractivity contribution in [3.05, 3.63) is 6.33 Å². The van der Waals surface area contributed by atoms with Crippen LogP contribution in [-0.2, 0) is 4.87 Å². The SMILES string of the molecule is CC(C)(S)n1cnnn1. The predicted molar refractivity (Wildman–Crippen MR) is 36.1 cm³/mol. The summed E-state index contributed by atoms with van der Waals surface area (Å²) >= 11 is 4.23. The molecule has 0 radical (unpaired) electrons. The molecular weight excluding hydrogens is 136 g/mol. The van der Waals surface area contributed by atoms with Crippen LogP contribution in [0.5, 0.6) is 0 Å². The standard InChI is InChI=1S/C4H8N4S/c1-4(2,9)8-3-5-6-7-8/h3,9H,1-2H3. The first-order valence-electron chi connectivity index (χ1n) is 2.56. The van der Waals surface area contributed by atoms with Crippen LogP contribution in [0.2, 0.25) is 0 Å². The number of tetrazole rings is 1. The highest BCUT2D eigenvalue weighted by molar-refractivity contribution is 7.81. The first-order chi connectivity index (χ1) is 4.11. The zero-order valence-corrected chi connectivity index (χ0v) is 6.21. The summed E-state index contributed by atoms with van der Waals surface area (Å²) in [4.78, 5) is -0.302. The van der Waals surface area contributed by atoms with E-state index in [-0.39, 0.29) is 4.87 Å². The highest BCUT2D eigenvalue weighted by Crippen LogP contribution is 2.15. The third-order valence-corrected chi connectivity index (χ3v) is 1.11.